The number of benzene rings is 3. The molecule has 0 bridgehead atoms. The van der Waals surface area contributed by atoms with Crippen LogP contribution < -0.4 is 0 Å². The van der Waals surface area contributed by atoms with Gasteiger partial charge in [0.15, 0.2) is 0 Å². The van der Waals surface area contributed by atoms with Crippen molar-refractivity contribution in [3.05, 3.63) is 131 Å². The minimum absolute atomic E-state index is 0.216. The molecule has 1 aliphatic carbocycles. The molecule has 134 valence electrons. The van der Waals surface area contributed by atoms with Crippen LogP contribution in [0, 0.1) is 5.92 Å². The van der Waals surface area contributed by atoms with Gasteiger partial charge in [0.1, 0.15) is 0 Å². The van der Waals surface area contributed by atoms with Crippen molar-refractivity contribution in [3.63, 3.8) is 0 Å². The molecular formula is C27H26. The summed E-state index contributed by atoms with van der Waals surface area (Å²) in [5.41, 5.74) is 6.62. The number of rotatable bonds is 2. The highest BCUT2D eigenvalue weighted by atomic mass is 14.4. The summed E-state index contributed by atoms with van der Waals surface area (Å²) in [5.74, 6) is 0.311. The van der Waals surface area contributed by atoms with Crippen LogP contribution in [0.4, 0.5) is 0 Å². The Morgan fingerprint density at radius 1 is 0.741 bits per heavy atom. The van der Waals surface area contributed by atoms with Crippen LogP contribution in [-0.4, -0.2) is 0 Å². The molecule has 0 N–H and O–H groups in total. The second kappa shape index (κ2) is 7.40. The molecule has 0 fully saturated rings. The van der Waals surface area contributed by atoms with E-state index in [1.807, 2.05) is 0 Å². The van der Waals surface area contributed by atoms with Gasteiger partial charge in [0.2, 0.25) is 0 Å². The van der Waals surface area contributed by atoms with Gasteiger partial charge in [0.05, 0.1) is 5.41 Å². The fourth-order valence-corrected chi connectivity index (χ4v) is 4.68. The largest absolute Gasteiger partial charge is 0.0799 e. The molecule has 27 heavy (non-hydrogen) atoms. The summed E-state index contributed by atoms with van der Waals surface area (Å²) < 4.78 is 0. The van der Waals surface area contributed by atoms with E-state index >= 15 is 0 Å². The Morgan fingerprint density at radius 2 is 1.30 bits per heavy atom. The van der Waals surface area contributed by atoms with Gasteiger partial charge in [-0.05, 0) is 41.5 Å². The van der Waals surface area contributed by atoms with Crippen molar-refractivity contribution >= 4 is 0 Å². The second-order valence-electron chi connectivity index (χ2n) is 7.50. The average Bonchev–Trinajstić information content (AvgIpc) is 2.76. The van der Waals surface area contributed by atoms with Crippen LogP contribution in [0.1, 0.15) is 36.1 Å². The standard InChI is InChI=1S/C27H26/c1-21-12-11-14-23-13-9-10-19-26(23)27(22(2)20-21,24-15-5-3-6-16-24)25-17-7-4-8-18-25/h3-13,15-20,22H,14H2,1-2H3/b12-11-,21-20-. The smallest absolute Gasteiger partial charge is 0.0514 e. The van der Waals surface area contributed by atoms with Crippen LogP contribution >= 0.6 is 0 Å². The Labute approximate surface area is 162 Å². The molecule has 3 aromatic carbocycles. The Bertz CT molecular complexity index is 922. The van der Waals surface area contributed by atoms with E-state index in [0.29, 0.717) is 5.92 Å². The second-order valence-corrected chi connectivity index (χ2v) is 7.50. The molecule has 0 amide bonds. The Kier molecular flexibility index (Phi) is 4.81. The molecule has 4 rings (SSSR count). The van der Waals surface area contributed by atoms with Crippen molar-refractivity contribution in [2.24, 2.45) is 5.92 Å². The van der Waals surface area contributed by atoms with Crippen LogP contribution in [0.3, 0.4) is 0 Å². The maximum Gasteiger partial charge on any atom is 0.0514 e. The molecule has 1 atom stereocenters. The van der Waals surface area contributed by atoms with Crippen LogP contribution in [0.5, 0.6) is 0 Å². The summed E-state index contributed by atoms with van der Waals surface area (Å²) in [6, 6.07) is 31.0. The zero-order valence-corrected chi connectivity index (χ0v) is 16.1. The zero-order valence-electron chi connectivity index (χ0n) is 16.1. The highest BCUT2D eigenvalue weighted by molar-refractivity contribution is 5.55. The lowest BCUT2D eigenvalue weighted by molar-refractivity contribution is 0.477. The summed E-state index contributed by atoms with van der Waals surface area (Å²) >= 11 is 0. The van der Waals surface area contributed by atoms with Crippen molar-refractivity contribution in [2.75, 3.05) is 0 Å². The first kappa shape index (κ1) is 17.5. The Balaban J connectivity index is 2.13. The zero-order chi connectivity index (χ0) is 18.7. The minimum Gasteiger partial charge on any atom is -0.0799 e. The lowest BCUT2D eigenvalue weighted by Gasteiger charge is -2.41. The third-order valence-electron chi connectivity index (χ3n) is 5.81. The van der Waals surface area contributed by atoms with E-state index in [1.54, 1.807) is 0 Å². The average molecular weight is 351 g/mol. The van der Waals surface area contributed by atoms with Crippen molar-refractivity contribution in [1.29, 1.82) is 0 Å². The first-order chi connectivity index (χ1) is 13.2. The summed E-state index contributed by atoms with van der Waals surface area (Å²) in [4.78, 5) is 0. The van der Waals surface area contributed by atoms with E-state index in [4.69, 9.17) is 0 Å². The van der Waals surface area contributed by atoms with E-state index in [1.165, 1.54) is 27.8 Å². The van der Waals surface area contributed by atoms with Crippen LogP contribution in [-0.2, 0) is 11.8 Å². The quantitative estimate of drug-likeness (QED) is 0.481. The van der Waals surface area contributed by atoms with Crippen molar-refractivity contribution in [3.8, 4) is 0 Å². The topological polar surface area (TPSA) is 0 Å². The molecule has 0 saturated carbocycles. The lowest BCUT2D eigenvalue weighted by Crippen LogP contribution is -2.36. The number of hydrogen-bond acceptors (Lipinski definition) is 0. The molecule has 0 heteroatoms. The van der Waals surface area contributed by atoms with E-state index in [2.05, 4.69) is 117 Å². The highest BCUT2D eigenvalue weighted by Crippen LogP contribution is 2.47. The molecule has 0 spiro atoms. The molecule has 0 heterocycles. The van der Waals surface area contributed by atoms with Gasteiger partial charge >= 0.3 is 0 Å². The SMILES string of the molecule is CC1=C/C(C)C(c2ccccc2)(c2ccccc2)c2ccccc2C/C=C\1. The van der Waals surface area contributed by atoms with Gasteiger partial charge in [-0.1, -0.05) is 116 Å². The van der Waals surface area contributed by atoms with Crippen LogP contribution in [0.15, 0.2) is 109 Å². The van der Waals surface area contributed by atoms with Gasteiger partial charge in [-0.25, -0.2) is 0 Å². The Hall–Kier alpha value is -2.86. The van der Waals surface area contributed by atoms with Crippen molar-refractivity contribution < 1.29 is 0 Å². The molecular weight excluding hydrogens is 324 g/mol. The number of allylic oxidation sites excluding steroid dienone is 4. The molecule has 0 radical (unpaired) electrons. The third kappa shape index (κ3) is 3.06. The fourth-order valence-electron chi connectivity index (χ4n) is 4.68. The third-order valence-corrected chi connectivity index (χ3v) is 5.81. The summed E-state index contributed by atoms with van der Waals surface area (Å²) in [6.07, 6.45) is 7.94. The monoisotopic (exact) mass is 350 g/mol. The summed E-state index contributed by atoms with van der Waals surface area (Å²) in [6.45, 7) is 4.57. The molecule has 1 aliphatic rings. The summed E-state index contributed by atoms with van der Waals surface area (Å²) in [7, 11) is 0. The van der Waals surface area contributed by atoms with E-state index in [9.17, 15) is 0 Å². The fraction of sp³-hybridized carbons (Fsp3) is 0.185. The van der Waals surface area contributed by atoms with E-state index < -0.39 is 0 Å². The van der Waals surface area contributed by atoms with Gasteiger partial charge in [-0.2, -0.15) is 0 Å². The van der Waals surface area contributed by atoms with Gasteiger partial charge in [-0.15, -0.1) is 0 Å². The normalized spacial score (nSPS) is 21.7. The predicted molar refractivity (Wildman–Crippen MR) is 115 cm³/mol. The first-order valence-corrected chi connectivity index (χ1v) is 9.77. The minimum atomic E-state index is -0.216. The molecule has 1 unspecified atom stereocenters. The van der Waals surface area contributed by atoms with Gasteiger partial charge < -0.3 is 0 Å². The van der Waals surface area contributed by atoms with Crippen molar-refractivity contribution in [2.45, 2.75) is 25.7 Å². The first-order valence-electron chi connectivity index (χ1n) is 9.77. The lowest BCUT2D eigenvalue weighted by atomic mass is 9.61. The Morgan fingerprint density at radius 3 is 1.93 bits per heavy atom. The molecule has 0 nitrogen and oxygen atoms in total. The summed E-state index contributed by atoms with van der Waals surface area (Å²) in [5, 5.41) is 0. The molecule has 0 aromatic heterocycles. The van der Waals surface area contributed by atoms with E-state index in [-0.39, 0.29) is 5.41 Å². The highest BCUT2D eigenvalue weighted by Gasteiger charge is 2.41. The van der Waals surface area contributed by atoms with Gasteiger partial charge in [0.25, 0.3) is 0 Å². The van der Waals surface area contributed by atoms with Crippen LogP contribution in [0.25, 0.3) is 0 Å². The number of fused-ring (bicyclic) bond motifs is 1. The van der Waals surface area contributed by atoms with Crippen LogP contribution in [0.2, 0.25) is 0 Å². The predicted octanol–water partition coefficient (Wildman–Crippen LogP) is 6.72. The van der Waals surface area contributed by atoms with Gasteiger partial charge in [-0.3, -0.25) is 0 Å². The number of hydrogen-bond donors (Lipinski definition) is 0. The molecule has 0 saturated heterocycles. The van der Waals surface area contributed by atoms with Gasteiger partial charge in [0, 0.05) is 0 Å². The van der Waals surface area contributed by atoms with Crippen molar-refractivity contribution in [1.82, 2.24) is 0 Å². The maximum atomic E-state index is 2.43. The maximum absolute atomic E-state index is 2.43. The molecule has 3 aromatic rings. The molecule has 0 aliphatic heterocycles. The van der Waals surface area contributed by atoms with E-state index in [0.717, 1.165) is 6.42 Å².